The first-order valence-electron chi connectivity index (χ1n) is 5.92. The van der Waals surface area contributed by atoms with Crippen molar-refractivity contribution in [3.63, 3.8) is 0 Å². The largest absolute Gasteiger partial charge is 0.352 e. The van der Waals surface area contributed by atoms with Gasteiger partial charge in [0, 0.05) is 17.2 Å². The van der Waals surface area contributed by atoms with Crippen LogP contribution in [-0.4, -0.2) is 20.9 Å². The fourth-order valence-electron chi connectivity index (χ4n) is 1.89. The number of benzene rings is 1. The monoisotopic (exact) mass is 339 g/mol. The lowest BCUT2D eigenvalue weighted by Gasteiger charge is -2.08. The van der Waals surface area contributed by atoms with Crippen molar-refractivity contribution in [2.75, 3.05) is 6.54 Å². The van der Waals surface area contributed by atoms with Crippen molar-refractivity contribution in [3.8, 4) is 0 Å². The van der Waals surface area contributed by atoms with E-state index in [0.29, 0.717) is 18.4 Å². The zero-order valence-corrected chi connectivity index (χ0v) is 12.8. The van der Waals surface area contributed by atoms with Crippen LogP contribution in [0.3, 0.4) is 0 Å². The van der Waals surface area contributed by atoms with E-state index in [0.717, 1.165) is 18.6 Å². The molecule has 110 valence electrons. The lowest BCUT2D eigenvalue weighted by molar-refractivity contribution is 0.0947. The van der Waals surface area contributed by atoms with E-state index in [-0.39, 0.29) is 10.6 Å². The standard InChI is InChI=1S/C12H12Cl2FNO3S/c1-6-2-7(6)5-16-12(17)8-3-11(20(14,18)19)9(13)4-10(8)15/h3-4,6-7H,2,5H2,1H3,(H,16,17). The molecule has 0 radical (unpaired) electrons. The molecule has 1 aromatic rings. The number of nitrogens with one attached hydrogen (secondary N) is 1. The predicted molar refractivity (Wildman–Crippen MR) is 74.1 cm³/mol. The molecule has 0 aromatic heterocycles. The van der Waals surface area contributed by atoms with E-state index >= 15 is 0 Å². The molecule has 8 heteroatoms. The van der Waals surface area contributed by atoms with Gasteiger partial charge < -0.3 is 5.32 Å². The molecule has 1 N–H and O–H groups in total. The molecular weight excluding hydrogens is 328 g/mol. The maximum Gasteiger partial charge on any atom is 0.262 e. The molecule has 2 atom stereocenters. The van der Waals surface area contributed by atoms with Crippen LogP contribution in [-0.2, 0) is 9.05 Å². The van der Waals surface area contributed by atoms with Gasteiger partial charge in [0.25, 0.3) is 15.0 Å². The summed E-state index contributed by atoms with van der Waals surface area (Å²) in [6.07, 6.45) is 1.02. The molecule has 20 heavy (non-hydrogen) atoms. The van der Waals surface area contributed by atoms with Crippen LogP contribution in [0.15, 0.2) is 17.0 Å². The van der Waals surface area contributed by atoms with Crippen LogP contribution in [0.5, 0.6) is 0 Å². The van der Waals surface area contributed by atoms with E-state index in [4.69, 9.17) is 22.3 Å². The number of carbonyl (C=O) groups excluding carboxylic acids is 1. The fourth-order valence-corrected chi connectivity index (χ4v) is 3.40. The highest BCUT2D eigenvalue weighted by atomic mass is 35.7. The van der Waals surface area contributed by atoms with Gasteiger partial charge in [-0.25, -0.2) is 12.8 Å². The summed E-state index contributed by atoms with van der Waals surface area (Å²) in [6.45, 7) is 2.49. The highest BCUT2D eigenvalue weighted by Crippen LogP contribution is 2.36. The van der Waals surface area contributed by atoms with Crippen molar-refractivity contribution >= 4 is 37.2 Å². The van der Waals surface area contributed by atoms with Crippen molar-refractivity contribution in [1.82, 2.24) is 5.32 Å². The first-order chi connectivity index (χ1) is 9.20. The zero-order chi connectivity index (χ0) is 15.1. The Morgan fingerprint density at radius 3 is 2.60 bits per heavy atom. The Hall–Kier alpha value is -0.850. The second-order valence-electron chi connectivity index (χ2n) is 4.88. The molecule has 2 unspecified atom stereocenters. The second-order valence-corrected chi connectivity index (χ2v) is 7.82. The van der Waals surface area contributed by atoms with Gasteiger partial charge in [-0.3, -0.25) is 4.79 Å². The molecule has 1 amide bonds. The normalized spacial score (nSPS) is 21.6. The van der Waals surface area contributed by atoms with Gasteiger partial charge in [0.1, 0.15) is 10.7 Å². The fraction of sp³-hybridized carbons (Fsp3) is 0.417. The second kappa shape index (κ2) is 5.50. The minimum atomic E-state index is -4.14. The maximum absolute atomic E-state index is 13.7. The molecule has 0 aliphatic heterocycles. The zero-order valence-electron chi connectivity index (χ0n) is 10.5. The number of hydrogen-bond acceptors (Lipinski definition) is 3. The van der Waals surface area contributed by atoms with Gasteiger partial charge >= 0.3 is 0 Å². The Labute approximate surface area is 125 Å². The maximum atomic E-state index is 13.7. The lowest BCUT2D eigenvalue weighted by Crippen LogP contribution is -2.27. The Morgan fingerprint density at radius 1 is 1.50 bits per heavy atom. The van der Waals surface area contributed by atoms with Gasteiger partial charge in [-0.2, -0.15) is 0 Å². The van der Waals surface area contributed by atoms with Gasteiger partial charge in [0.05, 0.1) is 10.6 Å². The summed E-state index contributed by atoms with van der Waals surface area (Å²) < 4.78 is 36.3. The van der Waals surface area contributed by atoms with E-state index in [2.05, 4.69) is 12.2 Å². The average Bonchev–Trinajstić information content (AvgIpc) is 3.00. The van der Waals surface area contributed by atoms with Crippen LogP contribution < -0.4 is 5.32 Å². The average molecular weight is 340 g/mol. The number of halogens is 3. The molecular formula is C12H12Cl2FNO3S. The number of hydrogen-bond donors (Lipinski definition) is 1. The molecule has 1 saturated carbocycles. The third-order valence-corrected chi connectivity index (χ3v) is 5.12. The van der Waals surface area contributed by atoms with Crippen LogP contribution in [0, 0.1) is 17.7 Å². The molecule has 1 aliphatic rings. The molecule has 1 fully saturated rings. The van der Waals surface area contributed by atoms with Crippen molar-refractivity contribution in [2.45, 2.75) is 18.2 Å². The molecule has 4 nitrogen and oxygen atoms in total. The Morgan fingerprint density at radius 2 is 2.10 bits per heavy atom. The van der Waals surface area contributed by atoms with E-state index in [1.165, 1.54) is 0 Å². The van der Waals surface area contributed by atoms with E-state index < -0.39 is 25.7 Å². The van der Waals surface area contributed by atoms with Gasteiger partial charge in [0.15, 0.2) is 0 Å². The summed E-state index contributed by atoms with van der Waals surface area (Å²) in [6, 6.07) is 1.62. The van der Waals surface area contributed by atoms with Crippen LogP contribution >= 0.6 is 22.3 Å². The first kappa shape index (κ1) is 15.5. The van der Waals surface area contributed by atoms with Gasteiger partial charge in [-0.1, -0.05) is 18.5 Å². The van der Waals surface area contributed by atoms with Crippen LogP contribution in [0.1, 0.15) is 23.7 Å². The molecule has 1 aliphatic carbocycles. The summed E-state index contributed by atoms with van der Waals surface area (Å²) in [7, 11) is 1.04. The first-order valence-corrected chi connectivity index (χ1v) is 8.60. The Balaban J connectivity index is 2.24. The van der Waals surface area contributed by atoms with Crippen LogP contribution in [0.2, 0.25) is 5.02 Å². The summed E-state index contributed by atoms with van der Waals surface area (Å²) in [5, 5.41) is 2.21. The van der Waals surface area contributed by atoms with Gasteiger partial charge in [-0.05, 0) is 30.4 Å². The third-order valence-electron chi connectivity index (χ3n) is 3.33. The minimum absolute atomic E-state index is 0.357. The molecule has 2 rings (SSSR count). The number of amides is 1. The highest BCUT2D eigenvalue weighted by Gasteiger charge is 2.32. The topological polar surface area (TPSA) is 63.2 Å². The van der Waals surface area contributed by atoms with Crippen molar-refractivity contribution < 1.29 is 17.6 Å². The van der Waals surface area contributed by atoms with Crippen molar-refractivity contribution in [1.29, 1.82) is 0 Å². The van der Waals surface area contributed by atoms with Gasteiger partial charge in [-0.15, -0.1) is 0 Å². The SMILES string of the molecule is CC1CC1CNC(=O)c1cc(S(=O)(=O)Cl)c(Cl)cc1F. The molecule has 0 saturated heterocycles. The quantitative estimate of drug-likeness (QED) is 0.858. The van der Waals surface area contributed by atoms with Crippen LogP contribution in [0.25, 0.3) is 0 Å². The van der Waals surface area contributed by atoms with Crippen molar-refractivity contribution in [2.24, 2.45) is 11.8 Å². The number of carbonyl (C=O) groups is 1. The summed E-state index contributed by atoms with van der Waals surface area (Å²) in [5.74, 6) is -0.630. The van der Waals surface area contributed by atoms with E-state index in [1.807, 2.05) is 0 Å². The van der Waals surface area contributed by atoms with Crippen LogP contribution in [0.4, 0.5) is 4.39 Å². The third kappa shape index (κ3) is 3.42. The summed E-state index contributed by atoms with van der Waals surface area (Å²) >= 11 is 5.61. The van der Waals surface area contributed by atoms with Crippen molar-refractivity contribution in [3.05, 3.63) is 28.5 Å². The van der Waals surface area contributed by atoms with Gasteiger partial charge in [0.2, 0.25) is 0 Å². The smallest absolute Gasteiger partial charge is 0.262 e. The predicted octanol–water partition coefficient (Wildman–Crippen LogP) is 2.79. The summed E-state index contributed by atoms with van der Waals surface area (Å²) in [4.78, 5) is 11.4. The summed E-state index contributed by atoms with van der Waals surface area (Å²) in [5.41, 5.74) is -0.387. The molecule has 0 heterocycles. The highest BCUT2D eigenvalue weighted by molar-refractivity contribution is 8.13. The molecule has 0 bridgehead atoms. The Kier molecular flexibility index (Phi) is 4.27. The lowest BCUT2D eigenvalue weighted by atomic mass is 10.2. The van der Waals surface area contributed by atoms with E-state index in [9.17, 15) is 17.6 Å². The Bertz CT molecular complexity index is 663. The molecule has 0 spiro atoms. The van der Waals surface area contributed by atoms with E-state index in [1.54, 1.807) is 0 Å². The molecule has 1 aromatic carbocycles. The minimum Gasteiger partial charge on any atom is -0.352 e. The number of rotatable bonds is 4.